The summed E-state index contributed by atoms with van der Waals surface area (Å²) in [7, 11) is 0. The van der Waals surface area contributed by atoms with E-state index in [9.17, 15) is 8.78 Å². The average Bonchev–Trinajstić information content (AvgIpc) is 2.45. The monoisotopic (exact) mass is 270 g/mol. The second-order valence-electron chi connectivity index (χ2n) is 4.70. The van der Waals surface area contributed by atoms with Gasteiger partial charge in [-0.3, -0.25) is 4.90 Å². The van der Waals surface area contributed by atoms with Crippen LogP contribution in [0.5, 0.6) is 11.5 Å². The number of ether oxygens (including phenoxy) is 2. The van der Waals surface area contributed by atoms with Crippen molar-refractivity contribution in [3.8, 4) is 11.5 Å². The second kappa shape index (κ2) is 5.30. The zero-order valence-corrected chi connectivity index (χ0v) is 10.5. The molecule has 2 aliphatic heterocycles. The maximum atomic E-state index is 14.0. The lowest BCUT2D eigenvalue weighted by Crippen LogP contribution is -2.43. The molecule has 0 aliphatic carbocycles. The largest absolute Gasteiger partial charge is 0.486 e. The van der Waals surface area contributed by atoms with E-state index in [2.05, 4.69) is 10.2 Å². The van der Waals surface area contributed by atoms with Gasteiger partial charge in [-0.25, -0.2) is 8.78 Å². The summed E-state index contributed by atoms with van der Waals surface area (Å²) in [5.41, 5.74) is 0.261. The van der Waals surface area contributed by atoms with Crippen LogP contribution in [-0.4, -0.2) is 44.3 Å². The fraction of sp³-hybridized carbons (Fsp3) is 0.538. The average molecular weight is 270 g/mol. The predicted octanol–water partition coefficient (Wildman–Crippen LogP) is 1.14. The Bertz CT molecular complexity index is 476. The lowest BCUT2D eigenvalue weighted by Gasteiger charge is -2.29. The number of piperazine rings is 1. The number of nitrogens with zero attached hydrogens (tertiary/aromatic N) is 1. The van der Waals surface area contributed by atoms with Crippen molar-refractivity contribution in [2.24, 2.45) is 0 Å². The summed E-state index contributed by atoms with van der Waals surface area (Å²) in [6, 6.07) is 1.06. The van der Waals surface area contributed by atoms with Gasteiger partial charge in [0, 0.05) is 38.8 Å². The molecule has 4 nitrogen and oxygen atoms in total. The Hall–Kier alpha value is -1.40. The zero-order valence-electron chi connectivity index (χ0n) is 10.5. The fourth-order valence-electron chi connectivity index (χ4n) is 2.43. The second-order valence-corrected chi connectivity index (χ2v) is 4.70. The van der Waals surface area contributed by atoms with Gasteiger partial charge in [-0.05, 0) is 0 Å². The van der Waals surface area contributed by atoms with Crippen LogP contribution in [-0.2, 0) is 6.54 Å². The van der Waals surface area contributed by atoms with Gasteiger partial charge in [-0.2, -0.15) is 0 Å². The highest BCUT2D eigenvalue weighted by Gasteiger charge is 2.25. The molecular formula is C13H16F2N2O2. The fourth-order valence-corrected chi connectivity index (χ4v) is 2.43. The summed E-state index contributed by atoms with van der Waals surface area (Å²) < 4.78 is 38.4. The molecule has 0 saturated carbocycles. The van der Waals surface area contributed by atoms with Crippen LogP contribution in [0.3, 0.4) is 0 Å². The first kappa shape index (κ1) is 12.6. The van der Waals surface area contributed by atoms with Gasteiger partial charge < -0.3 is 14.8 Å². The van der Waals surface area contributed by atoms with E-state index in [0.717, 1.165) is 32.2 Å². The summed E-state index contributed by atoms with van der Waals surface area (Å²) in [6.07, 6.45) is 0. The molecule has 0 bridgehead atoms. The molecule has 2 heterocycles. The minimum atomic E-state index is -0.880. The van der Waals surface area contributed by atoms with Crippen LogP contribution in [0.1, 0.15) is 5.56 Å². The van der Waals surface area contributed by atoms with Gasteiger partial charge in [0.1, 0.15) is 13.2 Å². The number of hydrogen-bond acceptors (Lipinski definition) is 4. The van der Waals surface area contributed by atoms with Gasteiger partial charge in [0.25, 0.3) is 0 Å². The molecule has 1 fully saturated rings. The standard InChI is InChI=1S/C13H16F2N2O2/c14-10-7-11-13(19-6-5-18-11)9(12(10)15)8-17-3-1-16-2-4-17/h7,16H,1-6,8H2. The van der Waals surface area contributed by atoms with Gasteiger partial charge in [0.15, 0.2) is 23.1 Å². The van der Waals surface area contributed by atoms with Gasteiger partial charge in [0.2, 0.25) is 0 Å². The van der Waals surface area contributed by atoms with Crippen molar-refractivity contribution in [1.82, 2.24) is 10.2 Å². The zero-order chi connectivity index (χ0) is 13.2. The molecule has 1 N–H and O–H groups in total. The molecule has 2 aliphatic rings. The number of halogens is 2. The molecule has 1 saturated heterocycles. The lowest BCUT2D eigenvalue weighted by molar-refractivity contribution is 0.161. The SMILES string of the molecule is Fc1cc2c(c(CN3CCNCC3)c1F)OCCO2. The van der Waals surface area contributed by atoms with Crippen LogP contribution in [0, 0.1) is 11.6 Å². The van der Waals surface area contributed by atoms with Crippen LogP contribution in [0.2, 0.25) is 0 Å². The van der Waals surface area contributed by atoms with E-state index in [0.29, 0.717) is 31.3 Å². The van der Waals surface area contributed by atoms with Crippen molar-refractivity contribution in [3.05, 3.63) is 23.3 Å². The smallest absolute Gasteiger partial charge is 0.169 e. The summed E-state index contributed by atoms with van der Waals surface area (Å²) >= 11 is 0. The maximum absolute atomic E-state index is 14.0. The molecule has 0 atom stereocenters. The summed E-state index contributed by atoms with van der Waals surface area (Å²) in [5.74, 6) is -1.06. The number of hydrogen-bond donors (Lipinski definition) is 1. The third-order valence-electron chi connectivity index (χ3n) is 3.41. The Morgan fingerprint density at radius 3 is 2.68 bits per heavy atom. The first-order chi connectivity index (χ1) is 9.25. The van der Waals surface area contributed by atoms with Crippen molar-refractivity contribution in [2.75, 3.05) is 39.4 Å². The number of benzene rings is 1. The highest BCUT2D eigenvalue weighted by atomic mass is 19.2. The van der Waals surface area contributed by atoms with Gasteiger partial charge in [0.05, 0.1) is 5.56 Å². The van der Waals surface area contributed by atoms with E-state index in [1.807, 2.05) is 0 Å². The Labute approximate surface area is 110 Å². The third-order valence-corrected chi connectivity index (χ3v) is 3.41. The summed E-state index contributed by atoms with van der Waals surface area (Å²) in [5, 5.41) is 3.22. The van der Waals surface area contributed by atoms with Crippen molar-refractivity contribution >= 4 is 0 Å². The van der Waals surface area contributed by atoms with Crippen LogP contribution < -0.4 is 14.8 Å². The van der Waals surface area contributed by atoms with E-state index >= 15 is 0 Å². The van der Waals surface area contributed by atoms with Gasteiger partial charge in [-0.15, -0.1) is 0 Å². The van der Waals surface area contributed by atoms with Crippen molar-refractivity contribution in [3.63, 3.8) is 0 Å². The molecule has 3 rings (SSSR count). The number of fused-ring (bicyclic) bond motifs is 1. The molecule has 104 valence electrons. The van der Waals surface area contributed by atoms with E-state index < -0.39 is 11.6 Å². The van der Waals surface area contributed by atoms with Crippen molar-refractivity contribution < 1.29 is 18.3 Å². The molecular weight excluding hydrogens is 254 g/mol. The quantitative estimate of drug-likeness (QED) is 0.874. The van der Waals surface area contributed by atoms with E-state index in [4.69, 9.17) is 9.47 Å². The third kappa shape index (κ3) is 2.50. The van der Waals surface area contributed by atoms with Crippen LogP contribution in [0.4, 0.5) is 8.78 Å². The van der Waals surface area contributed by atoms with Crippen LogP contribution in [0.15, 0.2) is 6.07 Å². The minimum absolute atomic E-state index is 0.261. The Kier molecular flexibility index (Phi) is 3.52. The lowest BCUT2D eigenvalue weighted by atomic mass is 10.1. The van der Waals surface area contributed by atoms with E-state index in [1.165, 1.54) is 0 Å². The Balaban J connectivity index is 1.91. The molecule has 0 radical (unpaired) electrons. The normalized spacial score (nSPS) is 19.5. The Morgan fingerprint density at radius 2 is 1.89 bits per heavy atom. The topological polar surface area (TPSA) is 33.7 Å². The molecule has 1 aromatic carbocycles. The Morgan fingerprint density at radius 1 is 1.16 bits per heavy atom. The number of rotatable bonds is 2. The minimum Gasteiger partial charge on any atom is -0.486 e. The van der Waals surface area contributed by atoms with E-state index in [1.54, 1.807) is 0 Å². The highest BCUT2D eigenvalue weighted by Crippen LogP contribution is 2.37. The highest BCUT2D eigenvalue weighted by molar-refractivity contribution is 5.48. The molecule has 1 aromatic rings. The van der Waals surface area contributed by atoms with Gasteiger partial charge in [-0.1, -0.05) is 0 Å². The molecule has 0 amide bonds. The van der Waals surface area contributed by atoms with Crippen LogP contribution in [0.25, 0.3) is 0 Å². The predicted molar refractivity (Wildman–Crippen MR) is 65.5 cm³/mol. The summed E-state index contributed by atoms with van der Waals surface area (Å²) in [6.45, 7) is 4.42. The molecule has 6 heteroatoms. The first-order valence-electron chi connectivity index (χ1n) is 6.45. The maximum Gasteiger partial charge on any atom is 0.169 e. The molecule has 0 spiro atoms. The van der Waals surface area contributed by atoms with E-state index in [-0.39, 0.29) is 5.56 Å². The first-order valence-corrected chi connectivity index (χ1v) is 6.45. The summed E-state index contributed by atoms with van der Waals surface area (Å²) in [4.78, 5) is 2.08. The molecule has 0 unspecified atom stereocenters. The van der Waals surface area contributed by atoms with Gasteiger partial charge >= 0.3 is 0 Å². The van der Waals surface area contributed by atoms with Crippen molar-refractivity contribution in [2.45, 2.75) is 6.54 Å². The van der Waals surface area contributed by atoms with Crippen LogP contribution >= 0.6 is 0 Å². The van der Waals surface area contributed by atoms with Crippen molar-refractivity contribution in [1.29, 1.82) is 0 Å². The number of nitrogens with one attached hydrogen (secondary N) is 1. The molecule has 0 aromatic heterocycles. The molecule has 19 heavy (non-hydrogen) atoms.